The highest BCUT2D eigenvalue weighted by molar-refractivity contribution is 5.51. The topological polar surface area (TPSA) is 52.0 Å². The predicted molar refractivity (Wildman–Crippen MR) is 260 cm³/mol. The molecule has 0 radical (unpaired) electrons. The molecular formula is C57H84N2. The summed E-state index contributed by atoms with van der Waals surface area (Å²) in [7, 11) is 0. The summed E-state index contributed by atoms with van der Waals surface area (Å²) in [5.74, 6) is 1.65. The van der Waals surface area contributed by atoms with Crippen LogP contribution in [0.1, 0.15) is 231 Å². The van der Waals surface area contributed by atoms with Crippen molar-refractivity contribution >= 4 is 11.4 Å². The maximum Gasteiger partial charge on any atom is 0.0316 e. The number of anilines is 2. The predicted octanol–water partition coefficient (Wildman–Crippen LogP) is 17.1. The summed E-state index contributed by atoms with van der Waals surface area (Å²) in [4.78, 5) is 0. The third kappa shape index (κ3) is 13.5. The Hall–Kier alpha value is -3.52. The summed E-state index contributed by atoms with van der Waals surface area (Å²) in [6.07, 6.45) is 31.7. The second-order valence-electron chi connectivity index (χ2n) is 18.9. The molecule has 59 heavy (non-hydrogen) atoms. The van der Waals surface area contributed by atoms with Crippen LogP contribution in [0.3, 0.4) is 0 Å². The molecule has 2 nitrogen and oxygen atoms in total. The van der Waals surface area contributed by atoms with Crippen molar-refractivity contribution in [2.75, 3.05) is 11.5 Å². The van der Waals surface area contributed by atoms with Gasteiger partial charge in [0, 0.05) is 28.6 Å². The van der Waals surface area contributed by atoms with Gasteiger partial charge in [0.25, 0.3) is 0 Å². The molecule has 1 fully saturated rings. The van der Waals surface area contributed by atoms with E-state index in [9.17, 15) is 0 Å². The van der Waals surface area contributed by atoms with Crippen LogP contribution in [0.15, 0.2) is 84.9 Å². The molecule has 2 unspecified atom stereocenters. The summed E-state index contributed by atoms with van der Waals surface area (Å²) in [6.45, 7) is 11.5. The zero-order valence-electron chi connectivity index (χ0n) is 38.4. The van der Waals surface area contributed by atoms with Crippen molar-refractivity contribution in [3.8, 4) is 0 Å². The highest BCUT2D eigenvalue weighted by Gasteiger charge is 2.38. The molecule has 1 aliphatic rings. The Morgan fingerprint density at radius 2 is 0.847 bits per heavy atom. The van der Waals surface area contributed by atoms with Gasteiger partial charge in [0.2, 0.25) is 0 Å². The normalized spacial score (nSPS) is 17.9. The molecule has 0 heterocycles. The molecule has 4 aromatic carbocycles. The number of hydrogen-bond acceptors (Lipinski definition) is 2. The molecule has 4 aromatic rings. The first-order valence-electron chi connectivity index (χ1n) is 24.7. The third-order valence-corrected chi connectivity index (χ3v) is 14.4. The lowest BCUT2D eigenvalue weighted by Gasteiger charge is -2.42. The molecule has 2 atom stereocenters. The van der Waals surface area contributed by atoms with E-state index >= 15 is 0 Å². The smallest absolute Gasteiger partial charge is 0.0316 e. The standard InChI is InChI=1S/C57H84N2/c1-6-9-12-14-16-18-21-24-55(53-36-34-51(58)42-44(53)4)47-26-30-49(31-27-47)57(40-38-46(39-41-57)23-20-11-8-3)50-32-28-48(29-33-50)56(25-22-19-17-15-13-10-7-2)54-37-35-52(59)43-45(54)5/h26-37,42-43,46,55-56H,6-25,38-41,58-59H2,1-5H3. The zero-order valence-corrected chi connectivity index (χ0v) is 38.4. The quantitative estimate of drug-likeness (QED) is 0.0491. The number of unbranched alkanes of at least 4 members (excludes halogenated alkanes) is 14. The molecule has 1 saturated carbocycles. The molecule has 0 spiro atoms. The highest BCUT2D eigenvalue weighted by Crippen LogP contribution is 2.48. The fourth-order valence-corrected chi connectivity index (χ4v) is 10.7. The minimum atomic E-state index is 0.0501. The Bertz CT molecular complexity index is 1640. The van der Waals surface area contributed by atoms with Crippen LogP contribution in [0, 0.1) is 19.8 Å². The van der Waals surface area contributed by atoms with Crippen LogP contribution in [-0.4, -0.2) is 0 Å². The Morgan fingerprint density at radius 3 is 1.24 bits per heavy atom. The second kappa shape index (κ2) is 24.7. The maximum absolute atomic E-state index is 6.27. The molecule has 0 amide bonds. The fourth-order valence-electron chi connectivity index (χ4n) is 10.7. The van der Waals surface area contributed by atoms with Gasteiger partial charge < -0.3 is 11.5 Å². The largest absolute Gasteiger partial charge is 0.399 e. The number of nitrogens with two attached hydrogens (primary N) is 2. The van der Waals surface area contributed by atoms with Crippen LogP contribution in [0.5, 0.6) is 0 Å². The lowest BCUT2D eigenvalue weighted by atomic mass is 9.62. The van der Waals surface area contributed by atoms with Gasteiger partial charge >= 0.3 is 0 Å². The van der Waals surface area contributed by atoms with Gasteiger partial charge in [0.15, 0.2) is 0 Å². The molecule has 1 aliphatic carbocycles. The van der Waals surface area contributed by atoms with Crippen LogP contribution in [0.2, 0.25) is 0 Å². The van der Waals surface area contributed by atoms with Gasteiger partial charge in [-0.05, 0) is 127 Å². The Labute approximate surface area is 362 Å². The zero-order chi connectivity index (χ0) is 41.9. The van der Waals surface area contributed by atoms with Crippen molar-refractivity contribution in [1.29, 1.82) is 0 Å². The minimum absolute atomic E-state index is 0.0501. The Kier molecular flexibility index (Phi) is 19.5. The van der Waals surface area contributed by atoms with E-state index in [2.05, 4.69) is 120 Å². The second-order valence-corrected chi connectivity index (χ2v) is 18.9. The molecule has 4 N–H and O–H groups in total. The molecule has 0 saturated heterocycles. The maximum atomic E-state index is 6.27. The van der Waals surface area contributed by atoms with E-state index in [0.29, 0.717) is 11.8 Å². The lowest BCUT2D eigenvalue weighted by molar-refractivity contribution is 0.250. The molecular weight excluding hydrogens is 713 g/mol. The summed E-state index contributed by atoms with van der Waals surface area (Å²) in [5.41, 5.74) is 25.8. The minimum Gasteiger partial charge on any atom is -0.399 e. The fraction of sp³-hybridized carbons (Fsp3) is 0.579. The molecule has 322 valence electrons. The summed E-state index contributed by atoms with van der Waals surface area (Å²) in [6, 6.07) is 33.3. The van der Waals surface area contributed by atoms with Crippen molar-refractivity contribution < 1.29 is 0 Å². The monoisotopic (exact) mass is 797 g/mol. The van der Waals surface area contributed by atoms with E-state index in [1.54, 1.807) is 0 Å². The van der Waals surface area contributed by atoms with E-state index in [-0.39, 0.29) is 5.41 Å². The van der Waals surface area contributed by atoms with Crippen LogP contribution in [0.25, 0.3) is 0 Å². The van der Waals surface area contributed by atoms with Crippen LogP contribution in [-0.2, 0) is 5.41 Å². The number of rotatable bonds is 26. The van der Waals surface area contributed by atoms with Gasteiger partial charge in [-0.3, -0.25) is 0 Å². The first-order valence-corrected chi connectivity index (χ1v) is 24.7. The van der Waals surface area contributed by atoms with Gasteiger partial charge in [-0.1, -0.05) is 197 Å². The SMILES string of the molecule is CCCCCCCCCC(c1ccc(C2(c3ccc(C(CCCCCCCCC)c4ccc(N)cc4C)cc3)CCC(CCCCC)CC2)cc1)c1ccc(N)cc1C. The van der Waals surface area contributed by atoms with E-state index in [1.807, 2.05) is 0 Å². The van der Waals surface area contributed by atoms with Crippen molar-refractivity contribution in [2.45, 2.75) is 206 Å². The van der Waals surface area contributed by atoms with E-state index in [4.69, 9.17) is 11.5 Å². The summed E-state index contributed by atoms with van der Waals surface area (Å²) in [5, 5.41) is 0. The van der Waals surface area contributed by atoms with Crippen molar-refractivity contribution in [2.24, 2.45) is 5.92 Å². The molecule has 2 heteroatoms. The van der Waals surface area contributed by atoms with Crippen molar-refractivity contribution in [3.63, 3.8) is 0 Å². The van der Waals surface area contributed by atoms with Gasteiger partial charge in [-0.15, -0.1) is 0 Å². The number of benzene rings is 4. The molecule has 5 rings (SSSR count). The van der Waals surface area contributed by atoms with Gasteiger partial charge in [0.1, 0.15) is 0 Å². The molecule has 0 aromatic heterocycles. The number of nitrogen functional groups attached to an aromatic ring is 2. The Balaban J connectivity index is 1.42. The summed E-state index contributed by atoms with van der Waals surface area (Å²) < 4.78 is 0. The van der Waals surface area contributed by atoms with Crippen LogP contribution >= 0.6 is 0 Å². The van der Waals surface area contributed by atoms with E-state index in [0.717, 1.165) is 17.3 Å². The average Bonchev–Trinajstić information content (AvgIpc) is 3.24. The van der Waals surface area contributed by atoms with Crippen molar-refractivity contribution in [3.05, 3.63) is 129 Å². The lowest BCUT2D eigenvalue weighted by Crippen LogP contribution is -2.33. The van der Waals surface area contributed by atoms with Crippen molar-refractivity contribution in [1.82, 2.24) is 0 Å². The van der Waals surface area contributed by atoms with Crippen LogP contribution < -0.4 is 11.5 Å². The molecule has 0 aliphatic heterocycles. The number of aryl methyl sites for hydroxylation is 2. The van der Waals surface area contributed by atoms with Crippen LogP contribution in [0.4, 0.5) is 11.4 Å². The first-order chi connectivity index (χ1) is 28.8. The average molecular weight is 797 g/mol. The first kappa shape index (κ1) is 46.5. The molecule has 0 bridgehead atoms. The van der Waals surface area contributed by atoms with Gasteiger partial charge in [0.05, 0.1) is 0 Å². The number of hydrogen-bond donors (Lipinski definition) is 2. The summed E-state index contributed by atoms with van der Waals surface area (Å²) >= 11 is 0. The van der Waals surface area contributed by atoms with E-state index < -0.39 is 0 Å². The third-order valence-electron chi connectivity index (χ3n) is 14.4. The van der Waals surface area contributed by atoms with Gasteiger partial charge in [-0.2, -0.15) is 0 Å². The highest BCUT2D eigenvalue weighted by atomic mass is 14.5. The van der Waals surface area contributed by atoms with Gasteiger partial charge in [-0.25, -0.2) is 0 Å². The van der Waals surface area contributed by atoms with E-state index in [1.165, 1.54) is 199 Å². The Morgan fingerprint density at radius 1 is 0.475 bits per heavy atom.